The topological polar surface area (TPSA) is 39.7 Å². The molecule has 21 heavy (non-hydrogen) atoms. The second kappa shape index (κ2) is 8.90. The molecule has 0 unspecified atom stereocenters. The van der Waals surface area contributed by atoms with E-state index in [1.54, 1.807) is 7.11 Å². The van der Waals surface area contributed by atoms with Gasteiger partial charge in [-0.2, -0.15) is 0 Å². The average Bonchev–Trinajstić information content (AvgIpc) is 2.44. The summed E-state index contributed by atoms with van der Waals surface area (Å²) >= 11 is 0. The van der Waals surface area contributed by atoms with Gasteiger partial charge >= 0.3 is 0 Å². The fourth-order valence-electron chi connectivity index (χ4n) is 1.80. The van der Waals surface area contributed by atoms with Gasteiger partial charge in [-0.25, -0.2) is 0 Å². The molecule has 0 atom stereocenters. The Balaban J connectivity index is 2.58. The molecule has 1 aromatic rings. The molecule has 0 aromatic heterocycles. The molecule has 0 heterocycles. The predicted octanol–water partition coefficient (Wildman–Crippen LogP) is 3.39. The molecule has 0 fully saturated rings. The number of hydrogen-bond acceptors (Lipinski definition) is 4. The molecule has 0 bridgehead atoms. The van der Waals surface area contributed by atoms with Crippen molar-refractivity contribution in [2.24, 2.45) is 0 Å². The van der Waals surface area contributed by atoms with Crippen LogP contribution in [0.4, 0.5) is 0 Å². The van der Waals surface area contributed by atoms with Crippen molar-refractivity contribution in [1.29, 1.82) is 0 Å². The molecule has 4 heteroatoms. The van der Waals surface area contributed by atoms with Gasteiger partial charge in [-0.15, -0.1) is 0 Å². The Bertz CT molecular complexity index is 413. The maximum Gasteiger partial charge on any atom is 0.161 e. The van der Waals surface area contributed by atoms with E-state index in [0.29, 0.717) is 6.61 Å². The number of ether oxygens (including phenoxy) is 3. The van der Waals surface area contributed by atoms with E-state index in [1.165, 1.54) is 5.56 Å². The molecular weight excluding hydrogens is 266 g/mol. The summed E-state index contributed by atoms with van der Waals surface area (Å²) in [6, 6.07) is 6.06. The van der Waals surface area contributed by atoms with Crippen LogP contribution in [0.5, 0.6) is 11.5 Å². The molecule has 0 spiro atoms. The monoisotopic (exact) mass is 295 g/mol. The molecule has 1 rings (SSSR count). The average molecular weight is 295 g/mol. The Kier molecular flexibility index (Phi) is 7.54. The van der Waals surface area contributed by atoms with E-state index in [1.807, 2.05) is 19.1 Å². The van der Waals surface area contributed by atoms with E-state index in [-0.39, 0.29) is 5.54 Å². The third-order valence-corrected chi connectivity index (χ3v) is 2.95. The Morgan fingerprint density at radius 1 is 1.10 bits per heavy atom. The van der Waals surface area contributed by atoms with Gasteiger partial charge in [0.05, 0.1) is 13.7 Å². The highest BCUT2D eigenvalue weighted by Gasteiger charge is 2.10. The Hall–Kier alpha value is -1.26. The maximum absolute atomic E-state index is 5.81. The highest BCUT2D eigenvalue weighted by atomic mass is 16.5. The van der Waals surface area contributed by atoms with Gasteiger partial charge in [0.2, 0.25) is 0 Å². The van der Waals surface area contributed by atoms with Crippen molar-refractivity contribution >= 4 is 0 Å². The minimum Gasteiger partial charge on any atom is -0.493 e. The first-order valence-corrected chi connectivity index (χ1v) is 7.58. The lowest BCUT2D eigenvalue weighted by Gasteiger charge is -2.21. The number of benzene rings is 1. The predicted molar refractivity (Wildman–Crippen MR) is 86.2 cm³/mol. The smallest absolute Gasteiger partial charge is 0.161 e. The summed E-state index contributed by atoms with van der Waals surface area (Å²) in [5, 5.41) is 3.47. The van der Waals surface area contributed by atoms with Crippen LogP contribution in [-0.4, -0.2) is 32.5 Å². The summed E-state index contributed by atoms with van der Waals surface area (Å²) in [5.41, 5.74) is 1.28. The number of methoxy groups -OCH3 is 1. The first-order chi connectivity index (χ1) is 9.96. The van der Waals surface area contributed by atoms with E-state index < -0.39 is 0 Å². The summed E-state index contributed by atoms with van der Waals surface area (Å²) in [6.45, 7) is 11.4. The third kappa shape index (κ3) is 7.34. The summed E-state index contributed by atoms with van der Waals surface area (Å²) in [4.78, 5) is 0. The third-order valence-electron chi connectivity index (χ3n) is 2.95. The van der Waals surface area contributed by atoms with Gasteiger partial charge in [-0.05, 0) is 45.4 Å². The zero-order chi connectivity index (χ0) is 15.7. The molecule has 0 amide bonds. The van der Waals surface area contributed by atoms with Crippen LogP contribution in [0.15, 0.2) is 18.2 Å². The fraction of sp³-hybridized carbons (Fsp3) is 0.647. The van der Waals surface area contributed by atoms with Crippen LogP contribution in [-0.2, 0) is 11.3 Å². The standard InChI is InChI=1S/C17H29NO3/c1-6-20-10-7-11-21-16-12-14(8-9-15(16)19-5)13-18-17(2,3)4/h8-9,12,18H,6-7,10-11,13H2,1-5H3. The van der Waals surface area contributed by atoms with Gasteiger partial charge in [0.1, 0.15) is 0 Å². The van der Waals surface area contributed by atoms with Crippen LogP contribution in [0.25, 0.3) is 0 Å². The Morgan fingerprint density at radius 3 is 2.48 bits per heavy atom. The van der Waals surface area contributed by atoms with Gasteiger partial charge in [0.15, 0.2) is 11.5 Å². The van der Waals surface area contributed by atoms with Gasteiger partial charge in [-0.1, -0.05) is 6.07 Å². The molecule has 1 aromatic carbocycles. The van der Waals surface area contributed by atoms with E-state index >= 15 is 0 Å². The van der Waals surface area contributed by atoms with Crippen LogP contribution < -0.4 is 14.8 Å². The molecule has 0 aliphatic carbocycles. The lowest BCUT2D eigenvalue weighted by molar-refractivity contribution is 0.130. The normalized spacial score (nSPS) is 11.5. The largest absolute Gasteiger partial charge is 0.493 e. The van der Waals surface area contributed by atoms with Crippen LogP contribution in [0, 0.1) is 0 Å². The highest BCUT2D eigenvalue weighted by molar-refractivity contribution is 5.43. The van der Waals surface area contributed by atoms with Gasteiger partial charge < -0.3 is 19.5 Å². The molecule has 0 radical (unpaired) electrons. The van der Waals surface area contributed by atoms with Crippen LogP contribution >= 0.6 is 0 Å². The molecule has 1 N–H and O–H groups in total. The summed E-state index contributed by atoms with van der Waals surface area (Å²) in [6.07, 6.45) is 0.876. The summed E-state index contributed by atoms with van der Waals surface area (Å²) < 4.78 is 16.5. The van der Waals surface area contributed by atoms with Crippen LogP contribution in [0.1, 0.15) is 39.7 Å². The Labute approximate surface area is 128 Å². The van der Waals surface area contributed by atoms with E-state index in [9.17, 15) is 0 Å². The lowest BCUT2D eigenvalue weighted by atomic mass is 10.1. The molecule has 0 saturated heterocycles. The molecule has 0 aliphatic rings. The molecule has 120 valence electrons. The first-order valence-electron chi connectivity index (χ1n) is 7.58. The number of hydrogen-bond donors (Lipinski definition) is 1. The zero-order valence-electron chi connectivity index (χ0n) is 14.0. The minimum absolute atomic E-state index is 0.0957. The van der Waals surface area contributed by atoms with Crippen molar-refractivity contribution in [3.05, 3.63) is 23.8 Å². The van der Waals surface area contributed by atoms with Gasteiger partial charge in [-0.3, -0.25) is 0 Å². The van der Waals surface area contributed by atoms with Crippen LogP contribution in [0.2, 0.25) is 0 Å². The second-order valence-electron chi connectivity index (χ2n) is 5.99. The molecule has 0 saturated carbocycles. The summed E-state index contributed by atoms with van der Waals surface area (Å²) in [7, 11) is 1.66. The maximum atomic E-state index is 5.81. The summed E-state index contributed by atoms with van der Waals surface area (Å²) in [5.74, 6) is 1.56. The van der Waals surface area contributed by atoms with E-state index in [0.717, 1.165) is 37.7 Å². The fourth-order valence-corrected chi connectivity index (χ4v) is 1.80. The second-order valence-corrected chi connectivity index (χ2v) is 5.99. The van der Waals surface area contributed by atoms with Crippen molar-refractivity contribution in [3.8, 4) is 11.5 Å². The lowest BCUT2D eigenvalue weighted by Crippen LogP contribution is -2.35. The van der Waals surface area contributed by atoms with Crippen molar-refractivity contribution in [2.45, 2.75) is 46.2 Å². The Morgan fingerprint density at radius 2 is 1.86 bits per heavy atom. The van der Waals surface area contributed by atoms with Crippen LogP contribution in [0.3, 0.4) is 0 Å². The quantitative estimate of drug-likeness (QED) is 0.709. The molecule has 4 nitrogen and oxygen atoms in total. The number of rotatable bonds is 9. The highest BCUT2D eigenvalue weighted by Crippen LogP contribution is 2.28. The molecular formula is C17H29NO3. The zero-order valence-corrected chi connectivity index (χ0v) is 14.0. The minimum atomic E-state index is 0.0957. The van der Waals surface area contributed by atoms with Crippen molar-refractivity contribution < 1.29 is 14.2 Å². The number of nitrogens with one attached hydrogen (secondary N) is 1. The first kappa shape index (κ1) is 17.8. The molecule has 0 aliphatic heterocycles. The van der Waals surface area contributed by atoms with E-state index in [4.69, 9.17) is 14.2 Å². The van der Waals surface area contributed by atoms with Crippen molar-refractivity contribution in [2.75, 3.05) is 26.9 Å². The van der Waals surface area contributed by atoms with Crippen molar-refractivity contribution in [1.82, 2.24) is 5.32 Å². The van der Waals surface area contributed by atoms with Crippen molar-refractivity contribution in [3.63, 3.8) is 0 Å². The van der Waals surface area contributed by atoms with Gasteiger partial charge in [0, 0.05) is 31.7 Å². The van der Waals surface area contributed by atoms with Gasteiger partial charge in [0.25, 0.3) is 0 Å². The SMILES string of the molecule is CCOCCCOc1cc(CNC(C)(C)C)ccc1OC. The van der Waals surface area contributed by atoms with E-state index in [2.05, 4.69) is 32.2 Å².